The number of hydrogen-bond acceptors (Lipinski definition) is 3. The Bertz CT molecular complexity index is 654. The SMILES string of the molecule is Cc1[nH]nc(C2CC2)c1-c1cccc(CN2CCOCC2)c1. The van der Waals surface area contributed by atoms with E-state index in [1.165, 1.54) is 40.9 Å². The Morgan fingerprint density at radius 3 is 2.86 bits per heavy atom. The van der Waals surface area contributed by atoms with Crippen molar-refractivity contribution in [2.45, 2.75) is 32.2 Å². The summed E-state index contributed by atoms with van der Waals surface area (Å²) in [7, 11) is 0. The van der Waals surface area contributed by atoms with Crippen LogP contribution in [0.3, 0.4) is 0 Å². The molecular formula is C18H23N3O. The molecule has 2 aromatic rings. The lowest BCUT2D eigenvalue weighted by Crippen LogP contribution is -2.35. The Labute approximate surface area is 131 Å². The molecule has 4 heteroatoms. The molecule has 1 saturated carbocycles. The molecule has 1 aliphatic heterocycles. The van der Waals surface area contributed by atoms with Crippen molar-refractivity contribution in [2.75, 3.05) is 26.3 Å². The first-order valence-corrected chi connectivity index (χ1v) is 8.25. The molecular weight excluding hydrogens is 274 g/mol. The number of H-pyrrole nitrogens is 1. The van der Waals surface area contributed by atoms with Crippen LogP contribution in [0.25, 0.3) is 11.1 Å². The minimum absolute atomic E-state index is 0.669. The molecule has 0 amide bonds. The van der Waals surface area contributed by atoms with Crippen molar-refractivity contribution >= 4 is 0 Å². The van der Waals surface area contributed by atoms with Crippen LogP contribution in [-0.2, 0) is 11.3 Å². The number of rotatable bonds is 4. The van der Waals surface area contributed by atoms with Gasteiger partial charge in [0, 0.05) is 36.8 Å². The van der Waals surface area contributed by atoms with Gasteiger partial charge in [-0.1, -0.05) is 18.2 Å². The molecule has 2 aliphatic rings. The van der Waals surface area contributed by atoms with Crippen molar-refractivity contribution in [3.8, 4) is 11.1 Å². The van der Waals surface area contributed by atoms with E-state index >= 15 is 0 Å². The van der Waals surface area contributed by atoms with E-state index in [-0.39, 0.29) is 0 Å². The minimum Gasteiger partial charge on any atom is -0.379 e. The third-order valence-corrected chi connectivity index (χ3v) is 4.66. The Kier molecular flexibility index (Phi) is 3.72. The van der Waals surface area contributed by atoms with Crippen LogP contribution in [0, 0.1) is 6.92 Å². The second kappa shape index (κ2) is 5.86. The number of hydrogen-bond donors (Lipinski definition) is 1. The predicted octanol–water partition coefficient (Wildman–Crippen LogP) is 3.09. The van der Waals surface area contributed by atoms with Crippen molar-refractivity contribution < 1.29 is 4.74 Å². The maximum Gasteiger partial charge on any atom is 0.0734 e. The van der Waals surface area contributed by atoms with E-state index < -0.39 is 0 Å². The maximum absolute atomic E-state index is 5.43. The summed E-state index contributed by atoms with van der Waals surface area (Å²) < 4.78 is 5.43. The summed E-state index contributed by atoms with van der Waals surface area (Å²) in [6, 6.07) is 8.95. The Morgan fingerprint density at radius 2 is 2.09 bits per heavy atom. The molecule has 116 valence electrons. The van der Waals surface area contributed by atoms with E-state index in [1.807, 2.05) is 0 Å². The molecule has 1 N–H and O–H groups in total. The number of aromatic nitrogens is 2. The smallest absolute Gasteiger partial charge is 0.0734 e. The normalized spacial score (nSPS) is 19.5. The highest BCUT2D eigenvalue weighted by Gasteiger charge is 2.30. The average Bonchev–Trinajstić information content (AvgIpc) is 3.31. The van der Waals surface area contributed by atoms with Gasteiger partial charge in [-0.05, 0) is 37.0 Å². The second-order valence-corrected chi connectivity index (χ2v) is 6.47. The summed E-state index contributed by atoms with van der Waals surface area (Å²) in [5, 5.41) is 7.73. The molecule has 0 spiro atoms. The first kappa shape index (κ1) is 14.0. The van der Waals surface area contributed by atoms with Gasteiger partial charge < -0.3 is 4.74 Å². The number of ether oxygens (including phenoxy) is 1. The summed E-state index contributed by atoms with van der Waals surface area (Å²) in [6.07, 6.45) is 2.57. The second-order valence-electron chi connectivity index (χ2n) is 6.47. The molecule has 4 rings (SSSR count). The van der Waals surface area contributed by atoms with Crippen LogP contribution < -0.4 is 0 Å². The van der Waals surface area contributed by atoms with E-state index in [0.717, 1.165) is 32.8 Å². The van der Waals surface area contributed by atoms with Crippen molar-refractivity contribution in [2.24, 2.45) is 0 Å². The minimum atomic E-state index is 0.669. The largest absolute Gasteiger partial charge is 0.379 e. The molecule has 1 aromatic heterocycles. The van der Waals surface area contributed by atoms with E-state index in [2.05, 4.69) is 46.3 Å². The van der Waals surface area contributed by atoms with Gasteiger partial charge in [-0.2, -0.15) is 5.10 Å². The van der Waals surface area contributed by atoms with Gasteiger partial charge in [-0.15, -0.1) is 0 Å². The Balaban J connectivity index is 1.60. The fourth-order valence-corrected chi connectivity index (χ4v) is 3.31. The lowest BCUT2D eigenvalue weighted by atomic mass is 9.99. The molecule has 4 nitrogen and oxygen atoms in total. The molecule has 0 bridgehead atoms. The first-order valence-electron chi connectivity index (χ1n) is 8.25. The summed E-state index contributed by atoms with van der Waals surface area (Å²) >= 11 is 0. The van der Waals surface area contributed by atoms with Gasteiger partial charge >= 0.3 is 0 Å². The fraction of sp³-hybridized carbons (Fsp3) is 0.500. The quantitative estimate of drug-likeness (QED) is 0.943. The molecule has 22 heavy (non-hydrogen) atoms. The maximum atomic E-state index is 5.43. The number of nitrogens with one attached hydrogen (secondary N) is 1. The van der Waals surface area contributed by atoms with E-state index in [9.17, 15) is 0 Å². The highest BCUT2D eigenvalue weighted by molar-refractivity contribution is 5.70. The number of aryl methyl sites for hydroxylation is 1. The third kappa shape index (κ3) is 2.81. The van der Waals surface area contributed by atoms with Gasteiger partial charge in [0.2, 0.25) is 0 Å². The van der Waals surface area contributed by atoms with Gasteiger partial charge in [-0.25, -0.2) is 0 Å². The van der Waals surface area contributed by atoms with Gasteiger partial charge in [0.15, 0.2) is 0 Å². The average molecular weight is 297 g/mol. The lowest BCUT2D eigenvalue weighted by Gasteiger charge is -2.26. The third-order valence-electron chi connectivity index (χ3n) is 4.66. The van der Waals surface area contributed by atoms with Crippen LogP contribution >= 0.6 is 0 Å². The monoisotopic (exact) mass is 297 g/mol. The number of benzene rings is 1. The van der Waals surface area contributed by atoms with Crippen LogP contribution in [0.4, 0.5) is 0 Å². The molecule has 2 heterocycles. The van der Waals surface area contributed by atoms with Gasteiger partial charge in [0.05, 0.1) is 18.9 Å². The Hall–Kier alpha value is -1.65. The molecule has 1 saturated heterocycles. The van der Waals surface area contributed by atoms with Crippen LogP contribution in [0.1, 0.15) is 35.7 Å². The molecule has 2 fully saturated rings. The van der Waals surface area contributed by atoms with Gasteiger partial charge in [-0.3, -0.25) is 10.00 Å². The number of nitrogens with zero attached hydrogens (tertiary/aromatic N) is 2. The number of morpholine rings is 1. The molecule has 0 atom stereocenters. The summed E-state index contributed by atoms with van der Waals surface area (Å²) in [5.74, 6) is 0.669. The summed E-state index contributed by atoms with van der Waals surface area (Å²) in [5.41, 5.74) is 6.46. The van der Waals surface area contributed by atoms with E-state index in [1.54, 1.807) is 0 Å². The zero-order valence-electron chi connectivity index (χ0n) is 13.1. The van der Waals surface area contributed by atoms with Crippen LogP contribution in [0.2, 0.25) is 0 Å². The topological polar surface area (TPSA) is 41.2 Å². The van der Waals surface area contributed by atoms with Crippen molar-refractivity contribution in [1.82, 2.24) is 15.1 Å². The van der Waals surface area contributed by atoms with Gasteiger partial charge in [0.25, 0.3) is 0 Å². The Morgan fingerprint density at radius 1 is 1.27 bits per heavy atom. The molecule has 0 unspecified atom stereocenters. The highest BCUT2D eigenvalue weighted by Crippen LogP contribution is 2.44. The van der Waals surface area contributed by atoms with Crippen molar-refractivity contribution in [1.29, 1.82) is 0 Å². The predicted molar refractivity (Wildman–Crippen MR) is 86.8 cm³/mol. The zero-order valence-corrected chi connectivity index (χ0v) is 13.1. The van der Waals surface area contributed by atoms with Crippen LogP contribution in [0.15, 0.2) is 24.3 Å². The molecule has 1 aliphatic carbocycles. The zero-order chi connectivity index (χ0) is 14.9. The number of aromatic amines is 1. The summed E-state index contributed by atoms with van der Waals surface area (Å²) in [4.78, 5) is 2.46. The molecule has 0 radical (unpaired) electrons. The van der Waals surface area contributed by atoms with E-state index in [0.29, 0.717) is 5.92 Å². The van der Waals surface area contributed by atoms with Gasteiger partial charge in [0.1, 0.15) is 0 Å². The van der Waals surface area contributed by atoms with Crippen LogP contribution in [0.5, 0.6) is 0 Å². The standard InChI is InChI=1S/C18H23N3O/c1-13-17(18(20-19-13)15-5-6-15)16-4-2-3-14(11-16)12-21-7-9-22-10-8-21/h2-4,11,15H,5-10,12H2,1H3,(H,19,20). The van der Waals surface area contributed by atoms with Crippen LogP contribution in [-0.4, -0.2) is 41.4 Å². The highest BCUT2D eigenvalue weighted by atomic mass is 16.5. The summed E-state index contributed by atoms with van der Waals surface area (Å²) in [6.45, 7) is 6.90. The lowest BCUT2D eigenvalue weighted by molar-refractivity contribution is 0.0342. The molecule has 1 aromatic carbocycles. The van der Waals surface area contributed by atoms with Crippen molar-refractivity contribution in [3.05, 3.63) is 41.2 Å². The van der Waals surface area contributed by atoms with E-state index in [4.69, 9.17) is 4.74 Å². The van der Waals surface area contributed by atoms with Crippen molar-refractivity contribution in [3.63, 3.8) is 0 Å². The first-order chi connectivity index (χ1) is 10.8. The fourth-order valence-electron chi connectivity index (χ4n) is 3.31.